The fraction of sp³-hybridized carbons (Fsp3) is 0.385. The van der Waals surface area contributed by atoms with Crippen molar-refractivity contribution in [3.05, 3.63) is 41.7 Å². The lowest BCUT2D eigenvalue weighted by molar-refractivity contribution is 0.540. The molecule has 1 aliphatic rings. The Morgan fingerprint density at radius 3 is 3.28 bits per heavy atom. The van der Waals surface area contributed by atoms with Crippen LogP contribution in [-0.2, 0) is 19.5 Å². The highest BCUT2D eigenvalue weighted by Gasteiger charge is 2.12. The zero-order valence-corrected chi connectivity index (χ0v) is 10.3. The second-order valence-corrected chi connectivity index (χ2v) is 4.47. The zero-order chi connectivity index (χ0) is 12.2. The lowest BCUT2D eigenvalue weighted by atomic mass is 10.1. The predicted molar refractivity (Wildman–Crippen MR) is 70.4 cm³/mol. The Morgan fingerprint density at radius 2 is 2.39 bits per heavy atom. The van der Waals surface area contributed by atoms with E-state index in [0.717, 1.165) is 32.6 Å². The fourth-order valence-corrected chi connectivity index (χ4v) is 2.33. The van der Waals surface area contributed by atoms with Gasteiger partial charge in [-0.3, -0.25) is 4.68 Å². The summed E-state index contributed by atoms with van der Waals surface area (Å²) in [4.78, 5) is 0. The summed E-state index contributed by atoms with van der Waals surface area (Å²) >= 11 is 0. The molecule has 0 atom stereocenters. The largest absolute Gasteiger partial charge is 0.384 e. The quantitative estimate of drug-likeness (QED) is 0.770. The van der Waals surface area contributed by atoms with Gasteiger partial charge in [0.2, 0.25) is 0 Å². The van der Waals surface area contributed by atoms with Gasteiger partial charge < -0.3 is 10.6 Å². The summed E-state index contributed by atoms with van der Waals surface area (Å²) in [5.74, 6) is 0. The summed E-state index contributed by atoms with van der Waals surface area (Å²) in [6.45, 7) is 3.70. The van der Waals surface area contributed by atoms with E-state index in [1.165, 1.54) is 16.8 Å². The third-order valence-corrected chi connectivity index (χ3v) is 3.24. The summed E-state index contributed by atoms with van der Waals surface area (Å²) in [5, 5.41) is 14.6. The van der Waals surface area contributed by atoms with Crippen molar-refractivity contribution in [3.8, 4) is 0 Å². The van der Waals surface area contributed by atoms with Crippen LogP contribution in [0.3, 0.4) is 0 Å². The number of para-hydroxylation sites is 1. The highest BCUT2D eigenvalue weighted by Crippen LogP contribution is 2.25. The number of benzene rings is 1. The van der Waals surface area contributed by atoms with Crippen LogP contribution in [0.25, 0.3) is 0 Å². The van der Waals surface area contributed by atoms with Gasteiger partial charge >= 0.3 is 0 Å². The Hall–Kier alpha value is -1.88. The van der Waals surface area contributed by atoms with Crippen LogP contribution in [-0.4, -0.2) is 28.1 Å². The van der Waals surface area contributed by atoms with Crippen LogP contribution < -0.4 is 10.6 Å². The molecule has 94 valence electrons. The van der Waals surface area contributed by atoms with Crippen molar-refractivity contribution in [2.24, 2.45) is 0 Å². The van der Waals surface area contributed by atoms with Crippen LogP contribution in [0.2, 0.25) is 0 Å². The van der Waals surface area contributed by atoms with Gasteiger partial charge in [-0.15, -0.1) is 5.10 Å². The topological polar surface area (TPSA) is 54.8 Å². The van der Waals surface area contributed by atoms with Gasteiger partial charge in [-0.1, -0.05) is 23.4 Å². The molecule has 1 aromatic heterocycles. The summed E-state index contributed by atoms with van der Waals surface area (Å²) < 4.78 is 1.83. The molecule has 0 fully saturated rings. The predicted octanol–water partition coefficient (Wildman–Crippen LogP) is 1.04. The molecule has 0 radical (unpaired) electrons. The van der Waals surface area contributed by atoms with E-state index in [1.807, 2.05) is 10.9 Å². The van der Waals surface area contributed by atoms with Gasteiger partial charge in [0.05, 0.1) is 12.7 Å². The minimum absolute atomic E-state index is 0.850. The molecular formula is C13H17N5. The molecule has 0 spiro atoms. The molecule has 0 saturated carbocycles. The highest BCUT2D eigenvalue weighted by atomic mass is 15.4. The first-order valence-electron chi connectivity index (χ1n) is 6.33. The van der Waals surface area contributed by atoms with Crippen LogP contribution in [0.5, 0.6) is 0 Å². The van der Waals surface area contributed by atoms with Crippen LogP contribution >= 0.6 is 0 Å². The molecule has 5 heteroatoms. The van der Waals surface area contributed by atoms with Crippen LogP contribution in [0.15, 0.2) is 30.6 Å². The Balaban J connectivity index is 1.53. The van der Waals surface area contributed by atoms with Crippen molar-refractivity contribution in [1.29, 1.82) is 0 Å². The highest BCUT2D eigenvalue weighted by molar-refractivity contribution is 5.61. The molecule has 3 rings (SSSR count). The Morgan fingerprint density at radius 1 is 1.39 bits per heavy atom. The number of hydrogen-bond acceptors (Lipinski definition) is 4. The molecule has 0 saturated heterocycles. The summed E-state index contributed by atoms with van der Waals surface area (Å²) in [5.41, 5.74) is 4.11. The molecule has 0 unspecified atom stereocenters. The number of rotatable bonds is 5. The summed E-state index contributed by atoms with van der Waals surface area (Å²) in [6.07, 6.45) is 4.72. The Kier molecular flexibility index (Phi) is 3.23. The first-order chi connectivity index (χ1) is 8.93. The average molecular weight is 243 g/mol. The number of hydrogen-bond donors (Lipinski definition) is 2. The third kappa shape index (κ3) is 2.36. The first-order valence-corrected chi connectivity index (χ1v) is 6.33. The lowest BCUT2D eigenvalue weighted by Crippen LogP contribution is -2.20. The maximum absolute atomic E-state index is 3.93. The van der Waals surface area contributed by atoms with Crippen molar-refractivity contribution < 1.29 is 0 Å². The Bertz CT molecular complexity index is 506. The van der Waals surface area contributed by atoms with E-state index in [-0.39, 0.29) is 0 Å². The van der Waals surface area contributed by atoms with Crippen LogP contribution in [0, 0.1) is 0 Å². The molecule has 0 aliphatic carbocycles. The second-order valence-electron chi connectivity index (χ2n) is 4.47. The van der Waals surface area contributed by atoms with Gasteiger partial charge in [-0.25, -0.2) is 0 Å². The number of nitrogens with one attached hydrogen (secondary N) is 2. The average Bonchev–Trinajstić information content (AvgIpc) is 3.05. The SMILES string of the molecule is c1cc2c(c(CNCCn3ccnn3)c1)NCC2. The third-order valence-electron chi connectivity index (χ3n) is 3.24. The standard InChI is InChI=1S/C13H17N5/c1-2-11-4-5-15-13(11)12(3-1)10-14-6-8-18-9-7-16-17-18/h1-3,7,9,14-15H,4-6,8,10H2. The first kappa shape index (κ1) is 11.2. The molecule has 1 aliphatic heterocycles. The van der Waals surface area contributed by atoms with Gasteiger partial charge in [-0.2, -0.15) is 0 Å². The van der Waals surface area contributed by atoms with Gasteiger partial charge in [-0.05, 0) is 17.5 Å². The van der Waals surface area contributed by atoms with Gasteiger partial charge in [0, 0.05) is 31.5 Å². The lowest BCUT2D eigenvalue weighted by Gasteiger charge is -2.10. The van der Waals surface area contributed by atoms with Crippen molar-refractivity contribution in [2.75, 3.05) is 18.4 Å². The molecule has 0 amide bonds. The van der Waals surface area contributed by atoms with Crippen LogP contribution in [0.1, 0.15) is 11.1 Å². The monoisotopic (exact) mass is 243 g/mol. The van der Waals surface area contributed by atoms with E-state index < -0.39 is 0 Å². The summed E-state index contributed by atoms with van der Waals surface area (Å²) in [7, 11) is 0. The zero-order valence-electron chi connectivity index (χ0n) is 10.3. The van der Waals surface area contributed by atoms with E-state index in [1.54, 1.807) is 6.20 Å². The maximum Gasteiger partial charge on any atom is 0.0692 e. The molecule has 18 heavy (non-hydrogen) atoms. The summed E-state index contributed by atoms with van der Waals surface area (Å²) in [6, 6.07) is 6.52. The second kappa shape index (κ2) is 5.18. The van der Waals surface area contributed by atoms with Crippen LogP contribution in [0.4, 0.5) is 5.69 Å². The molecule has 0 bridgehead atoms. The van der Waals surface area contributed by atoms with Gasteiger partial charge in [0.15, 0.2) is 0 Å². The fourth-order valence-electron chi connectivity index (χ4n) is 2.33. The van der Waals surface area contributed by atoms with Crippen molar-refractivity contribution >= 4 is 5.69 Å². The minimum atomic E-state index is 0.850. The molecule has 2 N–H and O–H groups in total. The number of anilines is 1. The van der Waals surface area contributed by atoms with E-state index >= 15 is 0 Å². The molecule has 2 aromatic rings. The number of aromatic nitrogens is 3. The molecule has 2 heterocycles. The van der Waals surface area contributed by atoms with Crippen molar-refractivity contribution in [2.45, 2.75) is 19.5 Å². The number of nitrogens with zero attached hydrogens (tertiary/aromatic N) is 3. The van der Waals surface area contributed by atoms with Gasteiger partial charge in [0.25, 0.3) is 0 Å². The number of fused-ring (bicyclic) bond motifs is 1. The maximum atomic E-state index is 3.93. The van der Waals surface area contributed by atoms with E-state index in [9.17, 15) is 0 Å². The molecule has 5 nitrogen and oxygen atoms in total. The van der Waals surface area contributed by atoms with E-state index in [2.05, 4.69) is 39.1 Å². The van der Waals surface area contributed by atoms with Gasteiger partial charge in [0.1, 0.15) is 0 Å². The molecule has 1 aromatic carbocycles. The Labute approximate surface area is 106 Å². The smallest absolute Gasteiger partial charge is 0.0692 e. The minimum Gasteiger partial charge on any atom is -0.384 e. The molecular weight excluding hydrogens is 226 g/mol. The van der Waals surface area contributed by atoms with Crippen molar-refractivity contribution in [1.82, 2.24) is 20.3 Å². The van der Waals surface area contributed by atoms with Crippen molar-refractivity contribution in [3.63, 3.8) is 0 Å². The normalized spacial score (nSPS) is 13.3. The van der Waals surface area contributed by atoms with E-state index in [0.29, 0.717) is 0 Å². The van der Waals surface area contributed by atoms with E-state index in [4.69, 9.17) is 0 Å².